The largest absolute Gasteiger partial charge is 0.454 e. The van der Waals surface area contributed by atoms with E-state index in [9.17, 15) is 0 Å². The number of nitrogens with one attached hydrogen (secondary N) is 1. The summed E-state index contributed by atoms with van der Waals surface area (Å²) in [6.07, 6.45) is 0. The van der Waals surface area contributed by atoms with Gasteiger partial charge in [0.15, 0.2) is 11.5 Å². The summed E-state index contributed by atoms with van der Waals surface area (Å²) in [5, 5.41) is 3.62. The SMILES string of the molecule is CC1CNC(c2ccc3c(c2)OCO3)CSC1. The lowest BCUT2D eigenvalue weighted by molar-refractivity contribution is 0.174. The zero-order valence-corrected chi connectivity index (χ0v) is 10.8. The fourth-order valence-electron chi connectivity index (χ4n) is 2.19. The molecule has 0 saturated carbocycles. The van der Waals surface area contributed by atoms with E-state index in [0.29, 0.717) is 12.8 Å². The van der Waals surface area contributed by atoms with Gasteiger partial charge >= 0.3 is 0 Å². The van der Waals surface area contributed by atoms with E-state index >= 15 is 0 Å². The summed E-state index contributed by atoms with van der Waals surface area (Å²) < 4.78 is 10.8. The summed E-state index contributed by atoms with van der Waals surface area (Å²) in [4.78, 5) is 0. The summed E-state index contributed by atoms with van der Waals surface area (Å²) in [6, 6.07) is 6.69. The van der Waals surface area contributed by atoms with Gasteiger partial charge in [0, 0.05) is 11.8 Å². The van der Waals surface area contributed by atoms with Crippen molar-refractivity contribution in [3.8, 4) is 11.5 Å². The molecule has 2 aliphatic rings. The average molecular weight is 251 g/mol. The molecule has 0 radical (unpaired) electrons. The maximum Gasteiger partial charge on any atom is 0.231 e. The van der Waals surface area contributed by atoms with Crippen molar-refractivity contribution in [3.63, 3.8) is 0 Å². The highest BCUT2D eigenvalue weighted by Crippen LogP contribution is 2.35. The first kappa shape index (κ1) is 11.2. The molecule has 0 aromatic heterocycles. The van der Waals surface area contributed by atoms with Gasteiger partial charge in [0.2, 0.25) is 6.79 Å². The summed E-state index contributed by atoms with van der Waals surface area (Å²) in [5.41, 5.74) is 1.30. The van der Waals surface area contributed by atoms with Gasteiger partial charge in [0.25, 0.3) is 0 Å². The molecule has 1 N–H and O–H groups in total. The van der Waals surface area contributed by atoms with E-state index in [1.54, 1.807) is 0 Å². The molecule has 17 heavy (non-hydrogen) atoms. The highest BCUT2D eigenvalue weighted by atomic mass is 32.2. The summed E-state index contributed by atoms with van der Waals surface area (Å²) in [6.45, 7) is 3.73. The topological polar surface area (TPSA) is 30.5 Å². The quantitative estimate of drug-likeness (QED) is 0.830. The first-order chi connectivity index (χ1) is 8.33. The van der Waals surface area contributed by atoms with Gasteiger partial charge in [-0.15, -0.1) is 0 Å². The van der Waals surface area contributed by atoms with Gasteiger partial charge in [-0.3, -0.25) is 0 Å². The molecule has 4 heteroatoms. The second-order valence-electron chi connectivity index (χ2n) is 4.72. The third kappa shape index (κ3) is 2.38. The molecule has 92 valence electrons. The third-order valence-electron chi connectivity index (χ3n) is 3.20. The van der Waals surface area contributed by atoms with Crippen LogP contribution >= 0.6 is 11.8 Å². The Bertz CT molecular complexity index is 410. The second-order valence-corrected chi connectivity index (χ2v) is 5.79. The monoisotopic (exact) mass is 251 g/mol. The molecular formula is C13H17NO2S. The van der Waals surface area contributed by atoms with Crippen LogP contribution in [0.3, 0.4) is 0 Å². The molecule has 3 rings (SSSR count). The van der Waals surface area contributed by atoms with Crippen LogP contribution in [0.4, 0.5) is 0 Å². The van der Waals surface area contributed by atoms with Gasteiger partial charge in [-0.25, -0.2) is 0 Å². The van der Waals surface area contributed by atoms with Crippen molar-refractivity contribution < 1.29 is 9.47 Å². The van der Waals surface area contributed by atoms with Crippen LogP contribution in [0.5, 0.6) is 11.5 Å². The van der Waals surface area contributed by atoms with Crippen LogP contribution < -0.4 is 14.8 Å². The molecule has 1 fully saturated rings. The minimum absolute atomic E-state index is 0.350. The van der Waals surface area contributed by atoms with E-state index in [2.05, 4.69) is 24.4 Å². The number of rotatable bonds is 1. The average Bonchev–Trinajstić information content (AvgIpc) is 2.70. The lowest BCUT2D eigenvalue weighted by Gasteiger charge is -2.16. The molecule has 0 bridgehead atoms. The highest BCUT2D eigenvalue weighted by molar-refractivity contribution is 7.99. The van der Waals surface area contributed by atoms with Crippen LogP contribution in [0.15, 0.2) is 18.2 Å². The number of hydrogen-bond donors (Lipinski definition) is 1. The van der Waals surface area contributed by atoms with Crippen LogP contribution in [0.1, 0.15) is 18.5 Å². The number of hydrogen-bond acceptors (Lipinski definition) is 4. The molecule has 2 unspecified atom stereocenters. The van der Waals surface area contributed by atoms with Crippen molar-refractivity contribution in [3.05, 3.63) is 23.8 Å². The van der Waals surface area contributed by atoms with Crippen LogP contribution in [0.2, 0.25) is 0 Å². The van der Waals surface area contributed by atoms with Crippen molar-refractivity contribution in [2.45, 2.75) is 13.0 Å². The smallest absolute Gasteiger partial charge is 0.231 e. The molecule has 2 aliphatic heterocycles. The number of benzene rings is 1. The Hall–Kier alpha value is -0.870. The summed E-state index contributed by atoms with van der Waals surface area (Å²) in [5.74, 6) is 4.87. The molecule has 0 amide bonds. The van der Waals surface area contributed by atoms with E-state index in [4.69, 9.17) is 9.47 Å². The van der Waals surface area contributed by atoms with Gasteiger partial charge in [0.05, 0.1) is 0 Å². The first-order valence-electron chi connectivity index (χ1n) is 6.03. The maximum atomic E-state index is 5.43. The molecule has 0 spiro atoms. The molecule has 1 saturated heterocycles. The standard InChI is InChI=1S/C13H17NO2S/c1-9-5-14-11(7-17-6-9)10-2-3-12-13(4-10)16-8-15-12/h2-4,9,11,14H,5-8H2,1H3. The molecule has 2 heterocycles. The fourth-order valence-corrected chi connectivity index (χ4v) is 3.39. The van der Waals surface area contributed by atoms with E-state index in [1.165, 1.54) is 11.3 Å². The Morgan fingerprint density at radius 3 is 3.06 bits per heavy atom. The molecule has 1 aromatic carbocycles. The molecular weight excluding hydrogens is 234 g/mol. The Kier molecular flexibility index (Phi) is 3.16. The van der Waals surface area contributed by atoms with Gasteiger partial charge < -0.3 is 14.8 Å². The fraction of sp³-hybridized carbons (Fsp3) is 0.538. The van der Waals surface area contributed by atoms with Crippen LogP contribution in [-0.4, -0.2) is 24.8 Å². The minimum atomic E-state index is 0.350. The maximum absolute atomic E-state index is 5.43. The number of thioether (sulfide) groups is 1. The van der Waals surface area contributed by atoms with Crippen LogP contribution in [-0.2, 0) is 0 Å². The zero-order chi connectivity index (χ0) is 11.7. The number of ether oxygens (including phenoxy) is 2. The normalized spacial score (nSPS) is 27.8. The van der Waals surface area contributed by atoms with Gasteiger partial charge in [-0.1, -0.05) is 13.0 Å². The van der Waals surface area contributed by atoms with Crippen molar-refractivity contribution in [1.82, 2.24) is 5.32 Å². The third-order valence-corrected chi connectivity index (χ3v) is 4.57. The molecule has 2 atom stereocenters. The van der Waals surface area contributed by atoms with Crippen molar-refractivity contribution in [2.75, 3.05) is 24.8 Å². The van der Waals surface area contributed by atoms with Crippen molar-refractivity contribution in [2.24, 2.45) is 5.92 Å². The minimum Gasteiger partial charge on any atom is -0.454 e. The molecule has 1 aromatic rings. The predicted molar refractivity (Wildman–Crippen MR) is 69.8 cm³/mol. The van der Waals surface area contributed by atoms with Crippen LogP contribution in [0.25, 0.3) is 0 Å². The lowest BCUT2D eigenvalue weighted by atomic mass is 10.1. The van der Waals surface area contributed by atoms with Gasteiger partial charge in [0.1, 0.15) is 0 Å². The second kappa shape index (κ2) is 4.78. The first-order valence-corrected chi connectivity index (χ1v) is 7.19. The van der Waals surface area contributed by atoms with Crippen LogP contribution in [0, 0.1) is 5.92 Å². The van der Waals surface area contributed by atoms with Gasteiger partial charge in [-0.2, -0.15) is 11.8 Å². The Morgan fingerprint density at radius 1 is 1.24 bits per heavy atom. The zero-order valence-electron chi connectivity index (χ0n) is 9.94. The number of fused-ring (bicyclic) bond motifs is 1. The Morgan fingerprint density at radius 2 is 2.12 bits per heavy atom. The van der Waals surface area contributed by atoms with E-state index < -0.39 is 0 Å². The Labute approximate surface area is 106 Å². The van der Waals surface area contributed by atoms with Crippen molar-refractivity contribution in [1.29, 1.82) is 0 Å². The van der Waals surface area contributed by atoms with E-state index in [1.807, 2.05) is 17.8 Å². The molecule has 0 aliphatic carbocycles. The lowest BCUT2D eigenvalue weighted by Crippen LogP contribution is -2.25. The van der Waals surface area contributed by atoms with E-state index in [-0.39, 0.29) is 0 Å². The summed E-state index contributed by atoms with van der Waals surface area (Å²) >= 11 is 2.03. The molecule has 3 nitrogen and oxygen atoms in total. The summed E-state index contributed by atoms with van der Waals surface area (Å²) in [7, 11) is 0. The predicted octanol–water partition coefficient (Wildman–Crippen LogP) is 2.43. The van der Waals surface area contributed by atoms with Crippen molar-refractivity contribution >= 4 is 11.8 Å². The van der Waals surface area contributed by atoms with E-state index in [0.717, 1.165) is 29.7 Å². The Balaban J connectivity index is 1.79. The van der Waals surface area contributed by atoms with Gasteiger partial charge in [-0.05, 0) is 35.9 Å². The highest BCUT2D eigenvalue weighted by Gasteiger charge is 2.20.